The SMILES string of the molecule is CC(=CCCN1C(=O)NC2N=CN(Cc3ccccc3)C2C1=O)CBr. The molecule has 1 aromatic carbocycles. The second-order valence-corrected chi connectivity index (χ2v) is 6.79. The van der Waals surface area contributed by atoms with Gasteiger partial charge >= 0.3 is 6.03 Å². The van der Waals surface area contributed by atoms with Crippen molar-refractivity contribution in [1.29, 1.82) is 0 Å². The van der Waals surface area contributed by atoms with Gasteiger partial charge in [0.15, 0.2) is 12.2 Å². The third-order valence-electron chi connectivity index (χ3n) is 4.33. The van der Waals surface area contributed by atoms with Crippen LogP contribution in [0.1, 0.15) is 18.9 Å². The van der Waals surface area contributed by atoms with Gasteiger partial charge in [-0.3, -0.25) is 9.69 Å². The first kappa shape index (κ1) is 17.7. The lowest BCUT2D eigenvalue weighted by Crippen LogP contribution is -2.64. The molecule has 0 aromatic heterocycles. The first-order valence-corrected chi connectivity index (χ1v) is 9.38. The lowest BCUT2D eigenvalue weighted by Gasteiger charge is -2.36. The molecule has 0 bridgehead atoms. The van der Waals surface area contributed by atoms with E-state index in [9.17, 15) is 9.59 Å². The Morgan fingerprint density at radius 1 is 1.32 bits per heavy atom. The molecule has 1 aromatic rings. The zero-order valence-electron chi connectivity index (χ0n) is 14.1. The molecule has 7 heteroatoms. The maximum Gasteiger partial charge on any atom is 0.325 e. The molecule has 6 nitrogen and oxygen atoms in total. The van der Waals surface area contributed by atoms with Crippen LogP contribution in [0.3, 0.4) is 0 Å². The smallest absolute Gasteiger partial charge is 0.325 e. The Labute approximate surface area is 155 Å². The van der Waals surface area contributed by atoms with Crippen molar-refractivity contribution in [3.05, 3.63) is 47.5 Å². The highest BCUT2D eigenvalue weighted by molar-refractivity contribution is 9.09. The van der Waals surface area contributed by atoms with Gasteiger partial charge in [-0.1, -0.05) is 57.9 Å². The number of nitrogens with one attached hydrogen (secondary N) is 1. The van der Waals surface area contributed by atoms with E-state index in [1.54, 1.807) is 6.34 Å². The minimum atomic E-state index is -0.500. The topological polar surface area (TPSA) is 65.0 Å². The van der Waals surface area contributed by atoms with Crippen molar-refractivity contribution in [2.24, 2.45) is 4.99 Å². The number of amides is 3. The van der Waals surface area contributed by atoms with Crippen molar-refractivity contribution in [2.45, 2.75) is 32.1 Å². The molecular weight excluding hydrogens is 384 g/mol. The molecule has 2 aliphatic rings. The zero-order valence-corrected chi connectivity index (χ0v) is 15.6. The van der Waals surface area contributed by atoms with Crippen LogP contribution >= 0.6 is 15.9 Å². The Morgan fingerprint density at radius 3 is 2.80 bits per heavy atom. The Kier molecular flexibility index (Phi) is 5.53. The van der Waals surface area contributed by atoms with Gasteiger partial charge in [-0.05, 0) is 18.9 Å². The van der Waals surface area contributed by atoms with Crippen molar-refractivity contribution >= 4 is 34.2 Å². The van der Waals surface area contributed by atoms with Gasteiger partial charge in [0.2, 0.25) is 0 Å². The summed E-state index contributed by atoms with van der Waals surface area (Å²) in [5.74, 6) is -0.188. The van der Waals surface area contributed by atoms with Crippen molar-refractivity contribution in [1.82, 2.24) is 15.1 Å². The summed E-state index contributed by atoms with van der Waals surface area (Å²) in [6.45, 7) is 2.97. The number of rotatable bonds is 6. The van der Waals surface area contributed by atoms with Gasteiger partial charge in [0.25, 0.3) is 5.91 Å². The molecule has 25 heavy (non-hydrogen) atoms. The molecule has 1 fully saturated rings. The van der Waals surface area contributed by atoms with Gasteiger partial charge in [0, 0.05) is 18.4 Å². The summed E-state index contributed by atoms with van der Waals surface area (Å²) in [5.41, 5.74) is 2.28. The molecule has 2 aliphatic heterocycles. The molecule has 0 radical (unpaired) electrons. The number of allylic oxidation sites excluding steroid dienone is 1. The number of urea groups is 1. The van der Waals surface area contributed by atoms with E-state index < -0.39 is 12.2 Å². The molecule has 2 unspecified atom stereocenters. The standard InChI is InChI=1S/C18H21BrN4O2/c1-13(10-19)6-5-9-23-17(24)15-16(21-18(23)25)20-12-22(15)11-14-7-3-2-4-8-14/h2-4,6-8,12,15-16H,5,9-11H2,1H3,(H,21,25). The first-order chi connectivity index (χ1) is 12.1. The number of alkyl halides is 1. The molecule has 0 aliphatic carbocycles. The maximum absolute atomic E-state index is 12.9. The second-order valence-electron chi connectivity index (χ2n) is 6.22. The Hall–Kier alpha value is -2.15. The van der Waals surface area contributed by atoms with E-state index in [1.165, 1.54) is 10.5 Å². The minimum absolute atomic E-state index is 0.188. The number of carbonyl (C=O) groups excluding carboxylic acids is 2. The second kappa shape index (κ2) is 7.82. The number of hydrogen-bond donors (Lipinski definition) is 1. The fraction of sp³-hybridized carbons (Fsp3) is 0.389. The Morgan fingerprint density at radius 2 is 2.08 bits per heavy atom. The number of aliphatic imine (C=N–C) groups is 1. The van der Waals surface area contributed by atoms with Crippen LogP contribution in [0.2, 0.25) is 0 Å². The molecule has 3 amide bonds. The molecule has 3 rings (SSSR count). The third kappa shape index (κ3) is 3.92. The Balaban J connectivity index is 1.69. The average Bonchev–Trinajstić information content (AvgIpc) is 3.01. The largest absolute Gasteiger partial charge is 0.343 e. The summed E-state index contributed by atoms with van der Waals surface area (Å²) >= 11 is 3.39. The molecule has 2 heterocycles. The quantitative estimate of drug-likeness (QED) is 0.584. The van der Waals surface area contributed by atoms with Crippen molar-refractivity contribution < 1.29 is 9.59 Å². The highest BCUT2D eigenvalue weighted by atomic mass is 79.9. The number of hydrogen-bond acceptors (Lipinski definition) is 4. The van der Waals surface area contributed by atoms with Gasteiger partial charge in [0.05, 0.1) is 6.34 Å². The summed E-state index contributed by atoms with van der Waals surface area (Å²) in [6.07, 6.45) is 3.85. The van der Waals surface area contributed by atoms with Crippen LogP contribution in [0.25, 0.3) is 0 Å². The van der Waals surface area contributed by atoms with E-state index in [-0.39, 0.29) is 11.9 Å². The predicted octanol–water partition coefficient (Wildman–Crippen LogP) is 2.51. The number of benzene rings is 1. The number of imide groups is 1. The number of carbonyl (C=O) groups is 2. The summed E-state index contributed by atoms with van der Waals surface area (Å²) in [4.78, 5) is 32.6. The summed E-state index contributed by atoms with van der Waals surface area (Å²) in [5, 5.41) is 3.61. The highest BCUT2D eigenvalue weighted by Crippen LogP contribution is 2.22. The van der Waals surface area contributed by atoms with Crippen LogP contribution in [0.4, 0.5) is 4.79 Å². The molecule has 1 N–H and O–H groups in total. The fourth-order valence-electron chi connectivity index (χ4n) is 2.99. The first-order valence-electron chi connectivity index (χ1n) is 8.26. The average molecular weight is 405 g/mol. The fourth-order valence-corrected chi connectivity index (χ4v) is 3.22. The van der Waals surface area contributed by atoms with E-state index in [0.29, 0.717) is 19.5 Å². The monoisotopic (exact) mass is 404 g/mol. The van der Waals surface area contributed by atoms with Gasteiger partial charge in [-0.25, -0.2) is 9.79 Å². The third-order valence-corrected chi connectivity index (χ3v) is 5.22. The van der Waals surface area contributed by atoms with Crippen LogP contribution in [0, 0.1) is 0 Å². The molecule has 0 saturated carbocycles. The predicted molar refractivity (Wildman–Crippen MR) is 100 cm³/mol. The van der Waals surface area contributed by atoms with E-state index in [0.717, 1.165) is 10.9 Å². The number of fused-ring (bicyclic) bond motifs is 1. The van der Waals surface area contributed by atoms with E-state index in [4.69, 9.17) is 0 Å². The van der Waals surface area contributed by atoms with Crippen molar-refractivity contribution in [3.8, 4) is 0 Å². The van der Waals surface area contributed by atoms with Gasteiger partial charge in [0.1, 0.15) is 0 Å². The summed E-state index contributed by atoms with van der Waals surface area (Å²) < 4.78 is 0. The summed E-state index contributed by atoms with van der Waals surface area (Å²) in [6, 6.07) is 9.08. The van der Waals surface area contributed by atoms with Crippen molar-refractivity contribution in [3.63, 3.8) is 0 Å². The van der Waals surface area contributed by atoms with Crippen LogP contribution in [-0.2, 0) is 11.3 Å². The van der Waals surface area contributed by atoms with Crippen LogP contribution in [0.5, 0.6) is 0 Å². The Bertz CT molecular complexity index is 704. The van der Waals surface area contributed by atoms with Crippen molar-refractivity contribution in [2.75, 3.05) is 11.9 Å². The lowest BCUT2D eigenvalue weighted by molar-refractivity contribution is -0.134. The zero-order chi connectivity index (χ0) is 17.8. The molecule has 2 atom stereocenters. The molecule has 1 saturated heterocycles. The minimum Gasteiger partial charge on any atom is -0.343 e. The van der Waals surface area contributed by atoms with E-state index in [1.807, 2.05) is 48.2 Å². The molecular formula is C18H21BrN4O2. The number of nitrogens with zero attached hydrogens (tertiary/aromatic N) is 3. The van der Waals surface area contributed by atoms with Crippen LogP contribution in [-0.4, -0.2) is 52.2 Å². The van der Waals surface area contributed by atoms with Gasteiger partial charge in [-0.15, -0.1) is 0 Å². The van der Waals surface area contributed by atoms with E-state index in [2.05, 4.69) is 26.2 Å². The summed E-state index contributed by atoms with van der Waals surface area (Å²) in [7, 11) is 0. The van der Waals surface area contributed by atoms with Crippen LogP contribution < -0.4 is 5.32 Å². The molecule has 132 valence electrons. The highest BCUT2D eigenvalue weighted by Gasteiger charge is 2.46. The van der Waals surface area contributed by atoms with E-state index >= 15 is 0 Å². The van der Waals surface area contributed by atoms with Gasteiger partial charge in [-0.2, -0.15) is 0 Å². The molecule has 0 spiro atoms. The van der Waals surface area contributed by atoms with Crippen LogP contribution in [0.15, 0.2) is 47.0 Å². The van der Waals surface area contributed by atoms with Gasteiger partial charge < -0.3 is 10.2 Å². The normalized spacial score (nSPS) is 23.0. The maximum atomic E-state index is 12.9. The lowest BCUT2D eigenvalue weighted by atomic mass is 10.1. The number of halogens is 1.